The average molecular weight is 345 g/mol. The van der Waals surface area contributed by atoms with Crippen LogP contribution in [0.1, 0.15) is 24.1 Å². The van der Waals surface area contributed by atoms with E-state index in [4.69, 9.17) is 9.47 Å². The van der Waals surface area contributed by atoms with E-state index in [2.05, 4.69) is 17.4 Å². The maximum atomic E-state index is 12.1. The second kappa shape index (κ2) is 9.23. The number of amides is 1. The summed E-state index contributed by atoms with van der Waals surface area (Å²) in [6.07, 6.45) is 0. The van der Waals surface area contributed by atoms with Crippen LogP contribution in [0.5, 0.6) is 11.5 Å². The molecule has 0 aromatic heterocycles. The second-order valence-corrected chi connectivity index (χ2v) is 6.37. The highest BCUT2D eigenvalue weighted by Crippen LogP contribution is 2.29. The molecule has 0 saturated carbocycles. The van der Waals surface area contributed by atoms with Gasteiger partial charge in [0.1, 0.15) is 0 Å². The number of hydrogen-bond donors (Lipinski definition) is 1. The first-order chi connectivity index (χ1) is 11.6. The molecule has 0 heterocycles. The van der Waals surface area contributed by atoms with Crippen molar-refractivity contribution < 1.29 is 14.3 Å². The van der Waals surface area contributed by atoms with Crippen LogP contribution >= 0.6 is 11.8 Å². The predicted octanol–water partition coefficient (Wildman–Crippen LogP) is 3.81. The minimum atomic E-state index is -0.0883. The van der Waals surface area contributed by atoms with Crippen molar-refractivity contribution in [2.24, 2.45) is 0 Å². The lowest BCUT2D eigenvalue weighted by atomic mass is 10.1. The van der Waals surface area contributed by atoms with Gasteiger partial charge in [0.2, 0.25) is 5.91 Å². The number of carbonyl (C=O) groups is 1. The van der Waals surface area contributed by atoms with E-state index in [-0.39, 0.29) is 11.9 Å². The Kier molecular flexibility index (Phi) is 7.00. The van der Waals surface area contributed by atoms with Crippen LogP contribution in [0.25, 0.3) is 0 Å². The van der Waals surface area contributed by atoms with E-state index in [9.17, 15) is 4.79 Å². The first-order valence-corrected chi connectivity index (χ1v) is 8.92. The number of rotatable bonds is 8. The molecule has 2 aromatic carbocycles. The zero-order chi connectivity index (χ0) is 17.4. The van der Waals surface area contributed by atoms with Crippen molar-refractivity contribution >= 4 is 17.7 Å². The van der Waals surface area contributed by atoms with Gasteiger partial charge in [-0.05, 0) is 30.2 Å². The van der Waals surface area contributed by atoms with Crippen molar-refractivity contribution in [1.82, 2.24) is 5.32 Å². The van der Waals surface area contributed by atoms with E-state index in [1.165, 1.54) is 5.56 Å². The molecular formula is C19H23NO3S. The van der Waals surface area contributed by atoms with Gasteiger partial charge in [0.25, 0.3) is 0 Å². The number of nitrogens with one attached hydrogen (secondary N) is 1. The maximum absolute atomic E-state index is 12.1. The molecule has 0 radical (unpaired) electrons. The molecule has 0 aliphatic rings. The summed E-state index contributed by atoms with van der Waals surface area (Å²) in [5.41, 5.74) is 2.21. The van der Waals surface area contributed by atoms with Crippen LogP contribution in [-0.4, -0.2) is 25.9 Å². The molecule has 5 heteroatoms. The van der Waals surface area contributed by atoms with Crippen LogP contribution in [-0.2, 0) is 10.5 Å². The van der Waals surface area contributed by atoms with Gasteiger partial charge in [-0.3, -0.25) is 4.79 Å². The van der Waals surface area contributed by atoms with E-state index in [1.807, 2.05) is 43.3 Å². The number of methoxy groups -OCH3 is 2. The Hall–Kier alpha value is -2.14. The maximum Gasteiger partial charge on any atom is 0.230 e. The minimum absolute atomic E-state index is 0.0261. The minimum Gasteiger partial charge on any atom is -0.493 e. The van der Waals surface area contributed by atoms with Crippen LogP contribution in [0.15, 0.2) is 48.5 Å². The van der Waals surface area contributed by atoms with Crippen molar-refractivity contribution in [2.75, 3.05) is 20.0 Å². The van der Waals surface area contributed by atoms with Crippen molar-refractivity contribution in [1.29, 1.82) is 0 Å². The molecule has 0 fully saturated rings. The summed E-state index contributed by atoms with van der Waals surface area (Å²) in [5.74, 6) is 2.64. The Morgan fingerprint density at radius 2 is 1.79 bits per heavy atom. The molecule has 1 atom stereocenters. The third-order valence-electron chi connectivity index (χ3n) is 3.63. The lowest BCUT2D eigenvalue weighted by Gasteiger charge is -2.16. The van der Waals surface area contributed by atoms with Gasteiger partial charge in [-0.25, -0.2) is 0 Å². The molecule has 4 nitrogen and oxygen atoms in total. The molecule has 128 valence electrons. The third kappa shape index (κ3) is 5.20. The Bertz CT molecular complexity index is 661. The summed E-state index contributed by atoms with van der Waals surface area (Å²) in [7, 11) is 3.21. The zero-order valence-electron chi connectivity index (χ0n) is 14.2. The van der Waals surface area contributed by atoms with Crippen LogP contribution in [0.2, 0.25) is 0 Å². The van der Waals surface area contributed by atoms with Gasteiger partial charge in [-0.15, -0.1) is 11.8 Å². The molecule has 0 aliphatic carbocycles. The fraction of sp³-hybridized carbons (Fsp3) is 0.316. The van der Waals surface area contributed by atoms with Gasteiger partial charge in [0, 0.05) is 5.75 Å². The number of hydrogen-bond acceptors (Lipinski definition) is 4. The SMILES string of the molecule is COc1ccc([C@H](C)NC(=O)CSCc2ccccc2)cc1OC. The second-order valence-electron chi connectivity index (χ2n) is 5.38. The molecule has 1 N–H and O–H groups in total. The van der Waals surface area contributed by atoms with Crippen LogP contribution in [0.3, 0.4) is 0 Å². The van der Waals surface area contributed by atoms with Gasteiger partial charge in [0.15, 0.2) is 11.5 Å². The van der Waals surface area contributed by atoms with E-state index in [0.717, 1.165) is 11.3 Å². The van der Waals surface area contributed by atoms with Gasteiger partial charge in [-0.2, -0.15) is 0 Å². The fourth-order valence-corrected chi connectivity index (χ4v) is 3.12. The topological polar surface area (TPSA) is 47.6 Å². The summed E-state index contributed by atoms with van der Waals surface area (Å²) in [6.45, 7) is 1.96. The summed E-state index contributed by atoms with van der Waals surface area (Å²) < 4.78 is 10.5. The molecule has 2 aromatic rings. The summed E-state index contributed by atoms with van der Waals surface area (Å²) >= 11 is 1.61. The van der Waals surface area contributed by atoms with E-state index in [1.54, 1.807) is 26.0 Å². The van der Waals surface area contributed by atoms with Gasteiger partial charge in [-0.1, -0.05) is 36.4 Å². The van der Waals surface area contributed by atoms with E-state index < -0.39 is 0 Å². The third-order valence-corrected chi connectivity index (χ3v) is 4.63. The molecule has 1 amide bonds. The largest absolute Gasteiger partial charge is 0.493 e. The van der Waals surface area contributed by atoms with Crippen molar-refractivity contribution in [2.45, 2.75) is 18.7 Å². The number of benzene rings is 2. The Labute approximate surface area is 147 Å². The van der Waals surface area contributed by atoms with Crippen LogP contribution in [0, 0.1) is 0 Å². The van der Waals surface area contributed by atoms with Crippen LogP contribution in [0.4, 0.5) is 0 Å². The molecule has 0 bridgehead atoms. The Balaban J connectivity index is 1.85. The smallest absolute Gasteiger partial charge is 0.230 e. The van der Waals surface area contributed by atoms with Gasteiger partial charge >= 0.3 is 0 Å². The lowest BCUT2D eigenvalue weighted by Crippen LogP contribution is -2.28. The molecule has 0 aliphatic heterocycles. The van der Waals surface area contributed by atoms with Crippen LogP contribution < -0.4 is 14.8 Å². The highest BCUT2D eigenvalue weighted by atomic mass is 32.2. The molecule has 0 unspecified atom stereocenters. The highest BCUT2D eigenvalue weighted by Gasteiger charge is 2.12. The monoisotopic (exact) mass is 345 g/mol. The van der Waals surface area contributed by atoms with E-state index >= 15 is 0 Å². The summed E-state index contributed by atoms with van der Waals surface area (Å²) in [6, 6.07) is 15.7. The predicted molar refractivity (Wildman–Crippen MR) is 98.7 cm³/mol. The molecule has 0 saturated heterocycles. The standard InChI is InChI=1S/C19H23NO3S/c1-14(16-9-10-17(22-2)18(11-16)23-3)20-19(21)13-24-12-15-7-5-4-6-8-15/h4-11,14H,12-13H2,1-3H3,(H,20,21)/t14-/m0/s1. The quantitative estimate of drug-likeness (QED) is 0.790. The van der Waals surface area contributed by atoms with Crippen molar-refractivity contribution in [3.8, 4) is 11.5 Å². The fourth-order valence-electron chi connectivity index (χ4n) is 2.32. The normalized spacial score (nSPS) is 11.6. The Morgan fingerprint density at radius 3 is 2.46 bits per heavy atom. The van der Waals surface area contributed by atoms with Gasteiger partial charge < -0.3 is 14.8 Å². The zero-order valence-corrected chi connectivity index (χ0v) is 15.1. The highest BCUT2D eigenvalue weighted by molar-refractivity contribution is 7.99. The number of ether oxygens (including phenoxy) is 2. The molecule has 0 spiro atoms. The average Bonchev–Trinajstić information content (AvgIpc) is 2.61. The summed E-state index contributed by atoms with van der Waals surface area (Å²) in [5, 5.41) is 3.02. The first-order valence-electron chi connectivity index (χ1n) is 7.77. The Morgan fingerprint density at radius 1 is 1.08 bits per heavy atom. The molecule has 24 heavy (non-hydrogen) atoms. The van der Waals surface area contributed by atoms with E-state index in [0.29, 0.717) is 17.3 Å². The molecule has 2 rings (SSSR count). The number of thioether (sulfide) groups is 1. The van der Waals surface area contributed by atoms with Crippen molar-refractivity contribution in [3.63, 3.8) is 0 Å². The van der Waals surface area contributed by atoms with Crippen molar-refractivity contribution in [3.05, 3.63) is 59.7 Å². The molecular weight excluding hydrogens is 322 g/mol. The summed E-state index contributed by atoms with van der Waals surface area (Å²) in [4.78, 5) is 12.1. The number of carbonyl (C=O) groups excluding carboxylic acids is 1. The lowest BCUT2D eigenvalue weighted by molar-refractivity contribution is -0.119. The first kappa shape index (κ1) is 18.2. The van der Waals surface area contributed by atoms with Gasteiger partial charge in [0.05, 0.1) is 26.0 Å².